The zero-order valence-electron chi connectivity index (χ0n) is 9.02. The van der Waals surface area contributed by atoms with Gasteiger partial charge in [-0.05, 0) is 31.7 Å². The Bertz CT molecular complexity index is 226. The molecule has 0 aromatic rings. The van der Waals surface area contributed by atoms with Crippen LogP contribution < -0.4 is 0 Å². The molecule has 0 radical (unpaired) electrons. The fourth-order valence-corrected chi connectivity index (χ4v) is 2.63. The normalized spacial score (nSPS) is 32.3. The van der Waals surface area contributed by atoms with Gasteiger partial charge in [0.1, 0.15) is 0 Å². The third-order valence-electron chi connectivity index (χ3n) is 3.43. The van der Waals surface area contributed by atoms with Crippen molar-refractivity contribution in [1.82, 2.24) is 4.90 Å². The number of hydrogen-bond donors (Lipinski definition) is 1. The minimum atomic E-state index is -0.672. The van der Waals surface area contributed by atoms with Crippen LogP contribution in [0.1, 0.15) is 25.7 Å². The van der Waals surface area contributed by atoms with Crippen molar-refractivity contribution in [2.24, 2.45) is 5.92 Å². The van der Waals surface area contributed by atoms with Gasteiger partial charge in [0.05, 0.1) is 13.0 Å². The van der Waals surface area contributed by atoms with E-state index in [1.165, 1.54) is 0 Å². The lowest BCUT2D eigenvalue weighted by Gasteiger charge is -2.25. The van der Waals surface area contributed by atoms with Crippen molar-refractivity contribution in [2.75, 3.05) is 26.3 Å². The molecule has 4 nitrogen and oxygen atoms in total. The van der Waals surface area contributed by atoms with Gasteiger partial charge in [0.25, 0.3) is 0 Å². The van der Waals surface area contributed by atoms with Crippen molar-refractivity contribution >= 4 is 5.97 Å². The first kappa shape index (κ1) is 10.9. The molecule has 2 unspecified atom stereocenters. The molecule has 0 amide bonds. The maximum absolute atomic E-state index is 10.7. The molecule has 2 aliphatic rings. The van der Waals surface area contributed by atoms with Crippen LogP contribution in [0, 0.1) is 5.92 Å². The molecule has 2 heterocycles. The van der Waals surface area contributed by atoms with Gasteiger partial charge >= 0.3 is 5.97 Å². The van der Waals surface area contributed by atoms with Crippen molar-refractivity contribution in [2.45, 2.75) is 31.7 Å². The predicted molar refractivity (Wildman–Crippen MR) is 55.8 cm³/mol. The first-order valence-corrected chi connectivity index (χ1v) is 5.79. The topological polar surface area (TPSA) is 49.8 Å². The molecule has 2 rings (SSSR count). The van der Waals surface area contributed by atoms with Gasteiger partial charge in [-0.3, -0.25) is 9.69 Å². The van der Waals surface area contributed by atoms with Crippen LogP contribution in [0.4, 0.5) is 0 Å². The van der Waals surface area contributed by atoms with E-state index in [0.29, 0.717) is 12.3 Å². The molecule has 0 spiro atoms. The zero-order chi connectivity index (χ0) is 10.7. The molecule has 0 aliphatic carbocycles. The molecule has 0 saturated carbocycles. The van der Waals surface area contributed by atoms with Crippen molar-refractivity contribution in [3.8, 4) is 0 Å². The largest absolute Gasteiger partial charge is 0.481 e. The monoisotopic (exact) mass is 213 g/mol. The first-order valence-electron chi connectivity index (χ1n) is 5.79. The molecular weight excluding hydrogens is 194 g/mol. The van der Waals surface area contributed by atoms with Crippen LogP contribution in [-0.4, -0.2) is 48.3 Å². The smallest absolute Gasteiger partial charge is 0.304 e. The van der Waals surface area contributed by atoms with E-state index in [-0.39, 0.29) is 6.04 Å². The van der Waals surface area contributed by atoms with Crippen LogP contribution in [0.15, 0.2) is 0 Å². The Hall–Kier alpha value is -0.610. The average molecular weight is 213 g/mol. The standard InChI is InChI=1S/C11H19NO3/c13-11(14)6-10-2-1-4-12(10)7-9-3-5-15-8-9/h9-10H,1-8H2,(H,13,14). The summed E-state index contributed by atoms with van der Waals surface area (Å²) >= 11 is 0. The summed E-state index contributed by atoms with van der Waals surface area (Å²) in [7, 11) is 0. The minimum absolute atomic E-state index is 0.267. The second kappa shape index (κ2) is 4.94. The van der Waals surface area contributed by atoms with Gasteiger partial charge in [-0.15, -0.1) is 0 Å². The summed E-state index contributed by atoms with van der Waals surface area (Å²) in [5, 5.41) is 8.80. The van der Waals surface area contributed by atoms with E-state index < -0.39 is 5.97 Å². The number of carboxylic acids is 1. The van der Waals surface area contributed by atoms with Crippen molar-refractivity contribution in [3.63, 3.8) is 0 Å². The van der Waals surface area contributed by atoms with E-state index in [9.17, 15) is 4.79 Å². The number of likely N-dealkylation sites (tertiary alicyclic amines) is 1. The van der Waals surface area contributed by atoms with E-state index in [4.69, 9.17) is 9.84 Å². The molecule has 4 heteroatoms. The zero-order valence-corrected chi connectivity index (χ0v) is 9.02. The molecule has 2 aliphatic heterocycles. The number of ether oxygens (including phenoxy) is 1. The Morgan fingerprint density at radius 1 is 1.47 bits per heavy atom. The first-order chi connectivity index (χ1) is 7.25. The van der Waals surface area contributed by atoms with Gasteiger partial charge in [-0.25, -0.2) is 0 Å². The minimum Gasteiger partial charge on any atom is -0.481 e. The number of carbonyl (C=O) groups is 1. The maximum Gasteiger partial charge on any atom is 0.304 e. The fraction of sp³-hybridized carbons (Fsp3) is 0.909. The number of nitrogens with zero attached hydrogens (tertiary/aromatic N) is 1. The molecule has 0 aromatic carbocycles. The summed E-state index contributed by atoms with van der Waals surface area (Å²) < 4.78 is 5.34. The molecule has 15 heavy (non-hydrogen) atoms. The van der Waals surface area contributed by atoms with Crippen LogP contribution in [0.2, 0.25) is 0 Å². The Morgan fingerprint density at radius 3 is 3.00 bits per heavy atom. The summed E-state index contributed by atoms with van der Waals surface area (Å²) in [6.07, 6.45) is 3.62. The highest BCUT2D eigenvalue weighted by Crippen LogP contribution is 2.23. The molecule has 1 N–H and O–H groups in total. The summed E-state index contributed by atoms with van der Waals surface area (Å²) in [6.45, 7) is 3.82. The molecular formula is C11H19NO3. The van der Waals surface area contributed by atoms with Gasteiger partial charge in [0.2, 0.25) is 0 Å². The molecule has 2 saturated heterocycles. The second-order valence-corrected chi connectivity index (χ2v) is 4.62. The number of carboxylic acid groups (broad SMARTS) is 1. The third-order valence-corrected chi connectivity index (χ3v) is 3.43. The average Bonchev–Trinajstić information content (AvgIpc) is 2.78. The van der Waals surface area contributed by atoms with Gasteiger partial charge < -0.3 is 9.84 Å². The molecule has 2 atom stereocenters. The lowest BCUT2D eigenvalue weighted by atomic mass is 10.1. The highest BCUT2D eigenvalue weighted by Gasteiger charge is 2.29. The maximum atomic E-state index is 10.7. The number of rotatable bonds is 4. The molecule has 86 valence electrons. The molecule has 2 fully saturated rings. The van der Waals surface area contributed by atoms with Gasteiger partial charge in [0, 0.05) is 19.2 Å². The quantitative estimate of drug-likeness (QED) is 0.755. The van der Waals surface area contributed by atoms with E-state index >= 15 is 0 Å². The van der Waals surface area contributed by atoms with Crippen molar-refractivity contribution in [3.05, 3.63) is 0 Å². The van der Waals surface area contributed by atoms with E-state index in [1.54, 1.807) is 0 Å². The van der Waals surface area contributed by atoms with Crippen LogP contribution in [0.3, 0.4) is 0 Å². The van der Waals surface area contributed by atoms with Crippen molar-refractivity contribution in [1.29, 1.82) is 0 Å². The highest BCUT2D eigenvalue weighted by molar-refractivity contribution is 5.67. The van der Waals surface area contributed by atoms with Gasteiger partial charge in [0.15, 0.2) is 0 Å². The Balaban J connectivity index is 1.81. The van der Waals surface area contributed by atoms with E-state index in [1.807, 2.05) is 0 Å². The van der Waals surface area contributed by atoms with Gasteiger partial charge in [-0.1, -0.05) is 0 Å². The Morgan fingerprint density at radius 2 is 2.33 bits per heavy atom. The molecule has 0 bridgehead atoms. The predicted octanol–water partition coefficient (Wildman–Crippen LogP) is 0.962. The summed E-state index contributed by atoms with van der Waals surface area (Å²) in [4.78, 5) is 13.0. The summed E-state index contributed by atoms with van der Waals surface area (Å²) in [6, 6.07) is 0.267. The summed E-state index contributed by atoms with van der Waals surface area (Å²) in [5.74, 6) is -0.0473. The van der Waals surface area contributed by atoms with Gasteiger partial charge in [-0.2, -0.15) is 0 Å². The number of aliphatic carboxylic acids is 1. The Kier molecular flexibility index (Phi) is 3.59. The SMILES string of the molecule is O=C(O)CC1CCCN1CC1CCOC1. The number of hydrogen-bond acceptors (Lipinski definition) is 3. The van der Waals surface area contributed by atoms with Crippen LogP contribution >= 0.6 is 0 Å². The lowest BCUT2D eigenvalue weighted by molar-refractivity contribution is -0.138. The second-order valence-electron chi connectivity index (χ2n) is 4.62. The van der Waals surface area contributed by atoms with E-state index in [2.05, 4.69) is 4.90 Å². The van der Waals surface area contributed by atoms with Crippen molar-refractivity contribution < 1.29 is 14.6 Å². The third kappa shape index (κ3) is 2.92. The Labute approximate surface area is 90.2 Å². The lowest BCUT2D eigenvalue weighted by Crippen LogP contribution is -2.35. The van der Waals surface area contributed by atoms with Crippen LogP contribution in [0.25, 0.3) is 0 Å². The summed E-state index contributed by atoms with van der Waals surface area (Å²) in [5.41, 5.74) is 0. The van der Waals surface area contributed by atoms with E-state index in [0.717, 1.165) is 45.6 Å². The molecule has 0 aromatic heterocycles. The van der Waals surface area contributed by atoms with Crippen LogP contribution in [0.5, 0.6) is 0 Å². The fourth-order valence-electron chi connectivity index (χ4n) is 2.63. The highest BCUT2D eigenvalue weighted by atomic mass is 16.5. The van der Waals surface area contributed by atoms with Crippen LogP contribution in [-0.2, 0) is 9.53 Å².